The molecule has 2 heteroatoms. The molecule has 1 rings (SSSR count). The summed E-state index contributed by atoms with van der Waals surface area (Å²) < 4.78 is 0. The van der Waals surface area contributed by atoms with Crippen LogP contribution in [0.2, 0.25) is 0 Å². The van der Waals surface area contributed by atoms with Crippen LogP contribution in [-0.2, 0) is 4.79 Å². The Morgan fingerprint density at radius 1 is 1.73 bits per heavy atom. The Labute approximate surface area is 66.9 Å². The molecule has 0 aromatic carbocycles. The Balaban J connectivity index is 2.88. The Bertz CT molecular complexity index is 196. The lowest BCUT2D eigenvalue weighted by Gasteiger charge is -2.21. The standard InChI is InChI=1S/C9H14O2/c1-3-6-9(2)7(10)4-5-8(9)11/h3,6-7,10H,4-5H2,1-2H3/b6-3+. The van der Waals surface area contributed by atoms with Crippen molar-refractivity contribution in [3.05, 3.63) is 12.2 Å². The second-order valence-electron chi connectivity index (χ2n) is 3.26. The Hall–Kier alpha value is -0.630. The van der Waals surface area contributed by atoms with E-state index in [0.717, 1.165) is 0 Å². The SMILES string of the molecule is C/C=C/C1(C)C(=O)CCC1O. The molecule has 0 spiro atoms. The molecule has 0 heterocycles. The van der Waals surface area contributed by atoms with Crippen LogP contribution >= 0.6 is 0 Å². The summed E-state index contributed by atoms with van der Waals surface area (Å²) in [4.78, 5) is 11.3. The van der Waals surface area contributed by atoms with Crippen molar-refractivity contribution in [2.24, 2.45) is 5.41 Å². The summed E-state index contributed by atoms with van der Waals surface area (Å²) >= 11 is 0. The van der Waals surface area contributed by atoms with Crippen molar-refractivity contribution in [2.75, 3.05) is 0 Å². The largest absolute Gasteiger partial charge is 0.392 e. The molecule has 2 atom stereocenters. The van der Waals surface area contributed by atoms with Gasteiger partial charge in [-0.3, -0.25) is 4.79 Å². The van der Waals surface area contributed by atoms with Gasteiger partial charge in [-0.25, -0.2) is 0 Å². The zero-order valence-electron chi connectivity index (χ0n) is 7.00. The summed E-state index contributed by atoms with van der Waals surface area (Å²) in [7, 11) is 0. The van der Waals surface area contributed by atoms with E-state index in [4.69, 9.17) is 0 Å². The molecule has 0 saturated heterocycles. The smallest absolute Gasteiger partial charge is 0.145 e. The minimum Gasteiger partial charge on any atom is -0.392 e. The van der Waals surface area contributed by atoms with E-state index in [-0.39, 0.29) is 5.78 Å². The predicted molar refractivity (Wildman–Crippen MR) is 43.2 cm³/mol. The average molecular weight is 154 g/mol. The van der Waals surface area contributed by atoms with Crippen LogP contribution in [0.3, 0.4) is 0 Å². The first-order chi connectivity index (χ1) is 5.11. The van der Waals surface area contributed by atoms with Crippen molar-refractivity contribution < 1.29 is 9.90 Å². The van der Waals surface area contributed by atoms with Crippen LogP contribution in [0.4, 0.5) is 0 Å². The molecule has 0 amide bonds. The number of Topliss-reactive ketones (excluding diaryl/α,β-unsaturated/α-hetero) is 1. The summed E-state index contributed by atoms with van der Waals surface area (Å²) in [5.74, 6) is 0.156. The number of ketones is 1. The topological polar surface area (TPSA) is 37.3 Å². The van der Waals surface area contributed by atoms with Crippen molar-refractivity contribution in [1.29, 1.82) is 0 Å². The molecule has 0 radical (unpaired) electrons. The van der Waals surface area contributed by atoms with Gasteiger partial charge >= 0.3 is 0 Å². The van der Waals surface area contributed by atoms with Gasteiger partial charge in [0.15, 0.2) is 0 Å². The maximum absolute atomic E-state index is 11.3. The van der Waals surface area contributed by atoms with Crippen molar-refractivity contribution in [3.8, 4) is 0 Å². The van der Waals surface area contributed by atoms with E-state index in [2.05, 4.69) is 0 Å². The highest BCUT2D eigenvalue weighted by molar-refractivity contribution is 5.89. The van der Waals surface area contributed by atoms with Gasteiger partial charge in [0.05, 0.1) is 11.5 Å². The number of aliphatic hydroxyl groups excluding tert-OH is 1. The monoisotopic (exact) mass is 154 g/mol. The molecule has 0 bridgehead atoms. The van der Waals surface area contributed by atoms with Crippen LogP contribution in [-0.4, -0.2) is 17.0 Å². The maximum atomic E-state index is 11.3. The number of hydrogen-bond acceptors (Lipinski definition) is 2. The highest BCUT2D eigenvalue weighted by Crippen LogP contribution is 2.35. The maximum Gasteiger partial charge on any atom is 0.145 e. The minimum atomic E-state index is -0.602. The van der Waals surface area contributed by atoms with Gasteiger partial charge in [0, 0.05) is 6.42 Å². The predicted octanol–water partition coefficient (Wildman–Crippen LogP) is 1.29. The zero-order valence-corrected chi connectivity index (χ0v) is 7.00. The molecule has 1 aliphatic carbocycles. The van der Waals surface area contributed by atoms with E-state index in [9.17, 15) is 9.90 Å². The van der Waals surface area contributed by atoms with Crippen LogP contribution in [0.5, 0.6) is 0 Å². The average Bonchev–Trinajstić information content (AvgIpc) is 2.19. The van der Waals surface area contributed by atoms with Crippen LogP contribution in [0.1, 0.15) is 26.7 Å². The minimum absolute atomic E-state index is 0.156. The molecule has 1 saturated carbocycles. The second kappa shape index (κ2) is 2.78. The number of hydrogen-bond donors (Lipinski definition) is 1. The summed E-state index contributed by atoms with van der Waals surface area (Å²) in [5.41, 5.74) is -0.602. The normalized spacial score (nSPS) is 38.8. The molecule has 1 N–H and O–H groups in total. The lowest BCUT2D eigenvalue weighted by atomic mass is 9.85. The molecule has 2 unspecified atom stereocenters. The zero-order chi connectivity index (χ0) is 8.48. The van der Waals surface area contributed by atoms with Gasteiger partial charge in [-0.15, -0.1) is 0 Å². The van der Waals surface area contributed by atoms with E-state index in [1.54, 1.807) is 13.0 Å². The Morgan fingerprint density at radius 3 is 2.73 bits per heavy atom. The molecule has 1 fully saturated rings. The number of rotatable bonds is 1. The van der Waals surface area contributed by atoms with E-state index < -0.39 is 11.5 Å². The molecule has 0 aromatic heterocycles. The molecule has 0 aromatic rings. The van der Waals surface area contributed by atoms with Crippen LogP contribution < -0.4 is 0 Å². The van der Waals surface area contributed by atoms with E-state index in [0.29, 0.717) is 12.8 Å². The lowest BCUT2D eigenvalue weighted by molar-refractivity contribution is -0.125. The van der Waals surface area contributed by atoms with Gasteiger partial charge in [-0.1, -0.05) is 12.2 Å². The Morgan fingerprint density at radius 2 is 2.36 bits per heavy atom. The summed E-state index contributed by atoms with van der Waals surface area (Å²) in [6.07, 6.45) is 4.27. The summed E-state index contributed by atoms with van der Waals surface area (Å²) in [6.45, 7) is 3.66. The van der Waals surface area contributed by atoms with Crippen molar-refractivity contribution in [3.63, 3.8) is 0 Å². The third-order valence-corrected chi connectivity index (χ3v) is 2.45. The van der Waals surface area contributed by atoms with Crippen LogP contribution in [0.25, 0.3) is 0 Å². The van der Waals surface area contributed by atoms with Crippen molar-refractivity contribution in [1.82, 2.24) is 0 Å². The number of allylic oxidation sites excluding steroid dienone is 1. The van der Waals surface area contributed by atoms with E-state index in [1.165, 1.54) is 0 Å². The third kappa shape index (κ3) is 1.23. The van der Waals surface area contributed by atoms with Gasteiger partial charge in [0.25, 0.3) is 0 Å². The number of carbonyl (C=O) groups is 1. The third-order valence-electron chi connectivity index (χ3n) is 2.45. The lowest BCUT2D eigenvalue weighted by Crippen LogP contribution is -2.30. The van der Waals surface area contributed by atoms with E-state index in [1.807, 2.05) is 13.0 Å². The fourth-order valence-electron chi connectivity index (χ4n) is 1.57. The Kier molecular flexibility index (Phi) is 2.14. The van der Waals surface area contributed by atoms with Gasteiger partial charge in [0.2, 0.25) is 0 Å². The molecule has 0 aliphatic heterocycles. The van der Waals surface area contributed by atoms with Crippen molar-refractivity contribution >= 4 is 5.78 Å². The number of carbonyl (C=O) groups excluding carboxylic acids is 1. The quantitative estimate of drug-likeness (QED) is 0.578. The highest BCUT2D eigenvalue weighted by Gasteiger charge is 2.42. The summed E-state index contributed by atoms with van der Waals surface area (Å²) in [6, 6.07) is 0. The second-order valence-corrected chi connectivity index (χ2v) is 3.26. The molecular weight excluding hydrogens is 140 g/mol. The van der Waals surface area contributed by atoms with Crippen LogP contribution in [0, 0.1) is 5.41 Å². The van der Waals surface area contributed by atoms with Gasteiger partial charge in [-0.2, -0.15) is 0 Å². The van der Waals surface area contributed by atoms with Gasteiger partial charge in [0.1, 0.15) is 5.78 Å². The molecule has 62 valence electrons. The molecule has 2 nitrogen and oxygen atoms in total. The first kappa shape index (κ1) is 8.47. The fourth-order valence-corrected chi connectivity index (χ4v) is 1.57. The van der Waals surface area contributed by atoms with Gasteiger partial charge in [-0.05, 0) is 20.3 Å². The van der Waals surface area contributed by atoms with Gasteiger partial charge < -0.3 is 5.11 Å². The highest BCUT2D eigenvalue weighted by atomic mass is 16.3. The first-order valence-corrected chi connectivity index (χ1v) is 3.96. The molecule has 11 heavy (non-hydrogen) atoms. The molecular formula is C9H14O2. The summed E-state index contributed by atoms with van der Waals surface area (Å²) in [5, 5.41) is 9.48. The van der Waals surface area contributed by atoms with Crippen LogP contribution in [0.15, 0.2) is 12.2 Å². The van der Waals surface area contributed by atoms with E-state index >= 15 is 0 Å². The van der Waals surface area contributed by atoms with Crippen molar-refractivity contribution in [2.45, 2.75) is 32.8 Å². The molecule has 1 aliphatic rings. The number of aliphatic hydroxyl groups is 1. The first-order valence-electron chi connectivity index (χ1n) is 3.96. The fraction of sp³-hybridized carbons (Fsp3) is 0.667.